The van der Waals surface area contributed by atoms with E-state index in [-0.39, 0.29) is 5.54 Å². The summed E-state index contributed by atoms with van der Waals surface area (Å²) in [6, 6.07) is 6.79. The lowest BCUT2D eigenvalue weighted by Gasteiger charge is -2.42. The van der Waals surface area contributed by atoms with Gasteiger partial charge in [0.25, 0.3) is 0 Å². The third kappa shape index (κ3) is 2.77. The van der Waals surface area contributed by atoms with E-state index in [9.17, 15) is 0 Å². The molecule has 0 radical (unpaired) electrons. The fourth-order valence-electron chi connectivity index (χ4n) is 3.27. The first-order valence-corrected chi connectivity index (χ1v) is 7.26. The van der Waals surface area contributed by atoms with Gasteiger partial charge in [0.15, 0.2) is 0 Å². The van der Waals surface area contributed by atoms with Crippen molar-refractivity contribution in [1.82, 2.24) is 0 Å². The lowest BCUT2D eigenvalue weighted by molar-refractivity contribution is 0.163. The van der Waals surface area contributed by atoms with Gasteiger partial charge in [-0.15, -0.1) is 0 Å². The number of hydrogen-bond acceptors (Lipinski definition) is 1. The number of nitrogens with two attached hydrogens (primary N) is 1. The lowest BCUT2D eigenvalue weighted by atomic mass is 9.68. The molecule has 1 fully saturated rings. The van der Waals surface area contributed by atoms with Crippen LogP contribution in [0.5, 0.6) is 0 Å². The predicted molar refractivity (Wildman–Crippen MR) is 78.7 cm³/mol. The Hall–Kier alpha value is -0.820. The summed E-state index contributed by atoms with van der Waals surface area (Å²) in [5.41, 5.74) is 10.9. The highest BCUT2D eigenvalue weighted by molar-refractivity contribution is 5.31. The van der Waals surface area contributed by atoms with Crippen LogP contribution in [0.3, 0.4) is 0 Å². The fourth-order valence-corrected chi connectivity index (χ4v) is 3.27. The van der Waals surface area contributed by atoms with Crippen LogP contribution in [0, 0.1) is 25.7 Å². The second-order valence-electron chi connectivity index (χ2n) is 6.61. The molecule has 0 spiro atoms. The van der Waals surface area contributed by atoms with E-state index in [2.05, 4.69) is 45.9 Å². The van der Waals surface area contributed by atoms with Crippen molar-refractivity contribution in [1.29, 1.82) is 0 Å². The Labute approximate surface area is 112 Å². The third-order valence-electron chi connectivity index (χ3n) is 4.94. The van der Waals surface area contributed by atoms with E-state index in [4.69, 9.17) is 5.73 Å². The van der Waals surface area contributed by atoms with Crippen molar-refractivity contribution >= 4 is 0 Å². The maximum atomic E-state index is 6.68. The molecule has 0 bridgehead atoms. The minimum Gasteiger partial charge on any atom is -0.325 e. The van der Waals surface area contributed by atoms with Crippen molar-refractivity contribution < 1.29 is 0 Å². The zero-order valence-electron chi connectivity index (χ0n) is 12.3. The minimum atomic E-state index is 0.00814. The number of hydrogen-bond donors (Lipinski definition) is 1. The number of aryl methyl sites for hydroxylation is 2. The summed E-state index contributed by atoms with van der Waals surface area (Å²) in [5.74, 6) is 1.47. The molecule has 3 atom stereocenters. The summed E-state index contributed by atoms with van der Waals surface area (Å²) in [4.78, 5) is 0. The average Bonchev–Trinajstić information content (AvgIpc) is 2.30. The van der Waals surface area contributed by atoms with Gasteiger partial charge < -0.3 is 5.73 Å². The van der Waals surface area contributed by atoms with E-state index in [0.717, 1.165) is 12.3 Å². The molecule has 1 heteroatoms. The molecule has 100 valence electrons. The molecule has 0 aromatic heterocycles. The van der Waals surface area contributed by atoms with Gasteiger partial charge in [-0.1, -0.05) is 32.0 Å². The van der Waals surface area contributed by atoms with Gasteiger partial charge in [0.1, 0.15) is 0 Å². The molecule has 0 saturated heterocycles. The zero-order chi connectivity index (χ0) is 13.3. The van der Waals surface area contributed by atoms with Crippen LogP contribution in [0.25, 0.3) is 0 Å². The fraction of sp³-hybridized carbons (Fsp3) is 0.647. The Morgan fingerprint density at radius 2 is 1.94 bits per heavy atom. The zero-order valence-corrected chi connectivity index (χ0v) is 12.3. The molecule has 18 heavy (non-hydrogen) atoms. The van der Waals surface area contributed by atoms with Gasteiger partial charge in [0.05, 0.1) is 0 Å². The molecule has 2 rings (SSSR count). The van der Waals surface area contributed by atoms with Crippen LogP contribution in [-0.2, 0) is 6.42 Å². The van der Waals surface area contributed by atoms with Crippen molar-refractivity contribution in [3.8, 4) is 0 Å². The largest absolute Gasteiger partial charge is 0.325 e. The highest BCUT2D eigenvalue weighted by Gasteiger charge is 2.36. The summed E-state index contributed by atoms with van der Waals surface area (Å²) >= 11 is 0. The Morgan fingerprint density at radius 1 is 1.22 bits per heavy atom. The van der Waals surface area contributed by atoms with Gasteiger partial charge in [-0.05, 0) is 68.1 Å². The minimum absolute atomic E-state index is 0.00814. The van der Waals surface area contributed by atoms with Crippen LogP contribution < -0.4 is 5.73 Å². The lowest BCUT2D eigenvalue weighted by Crippen LogP contribution is -2.51. The van der Waals surface area contributed by atoms with Crippen LogP contribution in [0.2, 0.25) is 0 Å². The van der Waals surface area contributed by atoms with Crippen molar-refractivity contribution in [3.63, 3.8) is 0 Å². The Bertz CT molecular complexity index is 424. The van der Waals surface area contributed by atoms with Crippen molar-refractivity contribution in [2.45, 2.75) is 58.9 Å². The monoisotopic (exact) mass is 245 g/mol. The average molecular weight is 245 g/mol. The summed E-state index contributed by atoms with van der Waals surface area (Å²) in [7, 11) is 0. The molecule has 1 aliphatic rings. The summed E-state index contributed by atoms with van der Waals surface area (Å²) in [6.45, 7) is 9.04. The molecule has 1 aromatic rings. The quantitative estimate of drug-likeness (QED) is 0.837. The van der Waals surface area contributed by atoms with Crippen LogP contribution in [-0.4, -0.2) is 5.54 Å². The van der Waals surface area contributed by atoms with Crippen LogP contribution in [0.15, 0.2) is 18.2 Å². The third-order valence-corrected chi connectivity index (χ3v) is 4.94. The van der Waals surface area contributed by atoms with Gasteiger partial charge in [0.2, 0.25) is 0 Å². The first kappa shape index (κ1) is 13.6. The molecule has 0 heterocycles. The topological polar surface area (TPSA) is 26.0 Å². The first-order valence-electron chi connectivity index (χ1n) is 7.26. The molecule has 1 aliphatic carbocycles. The van der Waals surface area contributed by atoms with Crippen LogP contribution >= 0.6 is 0 Å². The number of benzene rings is 1. The Kier molecular flexibility index (Phi) is 3.82. The molecule has 2 N–H and O–H groups in total. The van der Waals surface area contributed by atoms with Crippen LogP contribution in [0.1, 0.15) is 49.8 Å². The molecular weight excluding hydrogens is 218 g/mol. The summed E-state index contributed by atoms with van der Waals surface area (Å²) in [5, 5.41) is 0. The molecule has 3 unspecified atom stereocenters. The highest BCUT2D eigenvalue weighted by atomic mass is 14.8. The molecular formula is C17H27N. The first-order chi connectivity index (χ1) is 8.40. The van der Waals surface area contributed by atoms with Gasteiger partial charge in [-0.2, -0.15) is 0 Å². The van der Waals surface area contributed by atoms with Crippen molar-refractivity contribution in [3.05, 3.63) is 34.9 Å². The molecule has 1 aromatic carbocycles. The van der Waals surface area contributed by atoms with E-state index in [1.54, 1.807) is 0 Å². The van der Waals surface area contributed by atoms with E-state index < -0.39 is 0 Å². The van der Waals surface area contributed by atoms with Crippen molar-refractivity contribution in [2.24, 2.45) is 17.6 Å². The molecule has 1 nitrogen and oxygen atoms in total. The maximum Gasteiger partial charge on any atom is 0.0221 e. The van der Waals surface area contributed by atoms with Crippen molar-refractivity contribution in [2.75, 3.05) is 0 Å². The van der Waals surface area contributed by atoms with Gasteiger partial charge >= 0.3 is 0 Å². The smallest absolute Gasteiger partial charge is 0.0221 e. The Morgan fingerprint density at radius 3 is 2.56 bits per heavy atom. The molecule has 0 amide bonds. The van der Waals surface area contributed by atoms with E-state index in [1.165, 1.54) is 36.0 Å². The van der Waals surface area contributed by atoms with E-state index in [1.807, 2.05) is 0 Å². The second kappa shape index (κ2) is 5.05. The van der Waals surface area contributed by atoms with Crippen LogP contribution in [0.4, 0.5) is 0 Å². The summed E-state index contributed by atoms with van der Waals surface area (Å²) < 4.78 is 0. The Balaban J connectivity index is 2.14. The standard InChI is InChI=1S/C17H27N/c1-12-7-8-17(18,15(4)9-12)11-16-6-5-13(2)14(3)10-16/h5-6,10,12,15H,7-9,11,18H2,1-4H3. The predicted octanol–water partition coefficient (Wildman–Crippen LogP) is 4.00. The van der Waals surface area contributed by atoms with Gasteiger partial charge in [-0.3, -0.25) is 0 Å². The summed E-state index contributed by atoms with van der Waals surface area (Å²) in [6.07, 6.45) is 4.76. The molecule has 1 saturated carbocycles. The van der Waals surface area contributed by atoms with Gasteiger partial charge in [0, 0.05) is 5.54 Å². The van der Waals surface area contributed by atoms with E-state index in [0.29, 0.717) is 5.92 Å². The van der Waals surface area contributed by atoms with Gasteiger partial charge in [-0.25, -0.2) is 0 Å². The number of rotatable bonds is 2. The second-order valence-corrected chi connectivity index (χ2v) is 6.61. The normalized spacial score (nSPS) is 32.5. The molecule has 0 aliphatic heterocycles. The van der Waals surface area contributed by atoms with E-state index >= 15 is 0 Å². The maximum absolute atomic E-state index is 6.68. The highest BCUT2D eigenvalue weighted by Crippen LogP contribution is 2.37. The SMILES string of the molecule is Cc1ccc(CC2(N)CCC(C)CC2C)cc1C.